The fourth-order valence-corrected chi connectivity index (χ4v) is 1.96. The fourth-order valence-electron chi connectivity index (χ4n) is 1.96. The second-order valence-electron chi connectivity index (χ2n) is 4.26. The molecule has 1 aliphatic heterocycles. The maximum atomic E-state index is 13.1. The molecule has 1 heterocycles. The van der Waals surface area contributed by atoms with E-state index in [0.717, 1.165) is 6.42 Å². The molecule has 2 rings (SSSR count). The van der Waals surface area contributed by atoms with Crippen LogP contribution in [0.2, 0.25) is 0 Å². The summed E-state index contributed by atoms with van der Waals surface area (Å²) in [6.45, 7) is 0.696. The van der Waals surface area contributed by atoms with Crippen LogP contribution in [0.3, 0.4) is 0 Å². The van der Waals surface area contributed by atoms with Gasteiger partial charge in [0.1, 0.15) is 0 Å². The zero-order valence-electron chi connectivity index (χ0n) is 9.87. The Morgan fingerprint density at radius 3 is 2.58 bits per heavy atom. The minimum atomic E-state index is -1.44. The van der Waals surface area contributed by atoms with E-state index in [1.165, 1.54) is 0 Å². The number of halogens is 2. The van der Waals surface area contributed by atoms with Crippen molar-refractivity contribution in [1.29, 1.82) is 0 Å². The number of amides is 1. The summed E-state index contributed by atoms with van der Waals surface area (Å²) >= 11 is 0. The van der Waals surface area contributed by atoms with Crippen molar-refractivity contribution in [3.63, 3.8) is 0 Å². The Labute approximate surface area is 107 Å². The first-order chi connectivity index (χ1) is 8.99. The molecule has 0 saturated carbocycles. The third-order valence-electron chi connectivity index (χ3n) is 2.93. The summed E-state index contributed by atoms with van der Waals surface area (Å²) in [4.78, 5) is 22.7. The van der Waals surface area contributed by atoms with Gasteiger partial charge in [0, 0.05) is 6.07 Å². The molecular weight excluding hydrogens is 258 g/mol. The molecule has 0 unspecified atom stereocenters. The summed E-state index contributed by atoms with van der Waals surface area (Å²) < 4.78 is 26.1. The molecule has 1 amide bonds. The van der Waals surface area contributed by atoms with Crippen molar-refractivity contribution in [2.45, 2.75) is 18.9 Å². The molecular formula is C12H12F2N2O3. The SMILES string of the molecule is O=C(O)c1cc(F)c(F)cc1NC(=O)[C@H]1CCCN1. The Morgan fingerprint density at radius 1 is 1.32 bits per heavy atom. The van der Waals surface area contributed by atoms with Crippen LogP contribution in [0.15, 0.2) is 12.1 Å². The number of rotatable bonds is 3. The molecule has 5 nitrogen and oxygen atoms in total. The molecule has 0 spiro atoms. The maximum absolute atomic E-state index is 13.1. The van der Waals surface area contributed by atoms with Crippen molar-refractivity contribution >= 4 is 17.6 Å². The van der Waals surface area contributed by atoms with E-state index in [-0.39, 0.29) is 5.69 Å². The summed E-state index contributed by atoms with van der Waals surface area (Å²) in [6.07, 6.45) is 1.46. The molecule has 102 valence electrons. The average Bonchev–Trinajstić information content (AvgIpc) is 2.86. The highest BCUT2D eigenvalue weighted by molar-refractivity contribution is 6.02. The molecule has 3 N–H and O–H groups in total. The number of benzene rings is 1. The van der Waals surface area contributed by atoms with Gasteiger partial charge in [-0.15, -0.1) is 0 Å². The second kappa shape index (κ2) is 5.31. The van der Waals surface area contributed by atoms with Gasteiger partial charge in [0.25, 0.3) is 0 Å². The van der Waals surface area contributed by atoms with E-state index in [9.17, 15) is 18.4 Å². The molecule has 1 saturated heterocycles. The minimum absolute atomic E-state index is 0.245. The van der Waals surface area contributed by atoms with Crippen molar-refractivity contribution in [3.8, 4) is 0 Å². The molecule has 1 fully saturated rings. The third-order valence-corrected chi connectivity index (χ3v) is 2.93. The largest absolute Gasteiger partial charge is 0.478 e. The van der Waals surface area contributed by atoms with Crippen LogP contribution < -0.4 is 10.6 Å². The number of carbonyl (C=O) groups is 2. The van der Waals surface area contributed by atoms with Crippen LogP contribution in [0.5, 0.6) is 0 Å². The van der Waals surface area contributed by atoms with Gasteiger partial charge in [0.05, 0.1) is 17.3 Å². The van der Waals surface area contributed by atoms with Gasteiger partial charge in [-0.2, -0.15) is 0 Å². The van der Waals surface area contributed by atoms with Gasteiger partial charge in [-0.3, -0.25) is 4.79 Å². The van der Waals surface area contributed by atoms with Crippen molar-refractivity contribution in [2.24, 2.45) is 0 Å². The molecule has 0 aromatic heterocycles. The third kappa shape index (κ3) is 2.87. The molecule has 7 heteroatoms. The highest BCUT2D eigenvalue weighted by Crippen LogP contribution is 2.21. The van der Waals surface area contributed by atoms with Crippen LogP contribution in [0.25, 0.3) is 0 Å². The van der Waals surface area contributed by atoms with Gasteiger partial charge in [-0.25, -0.2) is 13.6 Å². The number of hydrogen-bond donors (Lipinski definition) is 3. The van der Waals surface area contributed by atoms with Gasteiger partial charge in [-0.1, -0.05) is 0 Å². The first-order valence-corrected chi connectivity index (χ1v) is 5.75. The zero-order chi connectivity index (χ0) is 14.0. The Kier molecular flexibility index (Phi) is 3.75. The smallest absolute Gasteiger partial charge is 0.337 e. The lowest BCUT2D eigenvalue weighted by atomic mass is 10.1. The predicted octanol–water partition coefficient (Wildman–Crippen LogP) is 1.35. The van der Waals surface area contributed by atoms with E-state index in [1.54, 1.807) is 0 Å². The van der Waals surface area contributed by atoms with E-state index in [1.807, 2.05) is 0 Å². The van der Waals surface area contributed by atoms with Crippen molar-refractivity contribution in [1.82, 2.24) is 5.32 Å². The maximum Gasteiger partial charge on any atom is 0.337 e. The van der Waals surface area contributed by atoms with Crippen LogP contribution >= 0.6 is 0 Å². The lowest BCUT2D eigenvalue weighted by molar-refractivity contribution is -0.117. The Balaban J connectivity index is 2.25. The van der Waals surface area contributed by atoms with Gasteiger partial charge >= 0.3 is 5.97 Å². The zero-order valence-corrected chi connectivity index (χ0v) is 9.87. The molecule has 1 atom stereocenters. The molecule has 1 aliphatic rings. The average molecular weight is 270 g/mol. The Bertz CT molecular complexity index is 528. The summed E-state index contributed by atoms with van der Waals surface area (Å²) in [5, 5.41) is 14.1. The molecule has 0 radical (unpaired) electrons. The Morgan fingerprint density at radius 2 is 2.00 bits per heavy atom. The predicted molar refractivity (Wildman–Crippen MR) is 63.0 cm³/mol. The van der Waals surface area contributed by atoms with Gasteiger partial charge in [0.2, 0.25) is 5.91 Å². The number of anilines is 1. The lowest BCUT2D eigenvalue weighted by Crippen LogP contribution is -2.35. The Hall–Kier alpha value is -2.02. The van der Waals surface area contributed by atoms with Crippen LogP contribution in [-0.4, -0.2) is 29.6 Å². The summed E-state index contributed by atoms with van der Waals surface area (Å²) in [5.41, 5.74) is -0.727. The van der Waals surface area contributed by atoms with E-state index < -0.39 is 35.1 Å². The summed E-state index contributed by atoms with van der Waals surface area (Å²) in [6, 6.07) is 0.788. The van der Waals surface area contributed by atoms with Crippen molar-refractivity contribution in [3.05, 3.63) is 29.3 Å². The minimum Gasteiger partial charge on any atom is -0.478 e. The topological polar surface area (TPSA) is 78.4 Å². The highest BCUT2D eigenvalue weighted by atomic mass is 19.2. The van der Waals surface area contributed by atoms with Crippen LogP contribution in [-0.2, 0) is 4.79 Å². The summed E-state index contributed by atoms with van der Waals surface area (Å²) in [7, 11) is 0. The van der Waals surface area contributed by atoms with Gasteiger partial charge in [-0.05, 0) is 25.5 Å². The molecule has 0 aliphatic carbocycles. The number of hydrogen-bond acceptors (Lipinski definition) is 3. The quantitative estimate of drug-likeness (QED) is 0.774. The highest BCUT2D eigenvalue weighted by Gasteiger charge is 2.24. The van der Waals surface area contributed by atoms with Crippen LogP contribution in [0.4, 0.5) is 14.5 Å². The van der Waals surface area contributed by atoms with Crippen LogP contribution in [0.1, 0.15) is 23.2 Å². The normalized spacial score (nSPS) is 18.3. The molecule has 0 bridgehead atoms. The van der Waals surface area contributed by atoms with Gasteiger partial charge < -0.3 is 15.7 Å². The van der Waals surface area contributed by atoms with E-state index in [0.29, 0.717) is 25.1 Å². The molecule has 19 heavy (non-hydrogen) atoms. The van der Waals surface area contributed by atoms with E-state index in [2.05, 4.69) is 10.6 Å². The number of nitrogens with one attached hydrogen (secondary N) is 2. The first-order valence-electron chi connectivity index (χ1n) is 5.75. The number of carboxylic acid groups (broad SMARTS) is 1. The number of carbonyl (C=O) groups excluding carboxylic acids is 1. The van der Waals surface area contributed by atoms with E-state index in [4.69, 9.17) is 5.11 Å². The van der Waals surface area contributed by atoms with Crippen molar-refractivity contribution in [2.75, 3.05) is 11.9 Å². The van der Waals surface area contributed by atoms with Gasteiger partial charge in [0.15, 0.2) is 11.6 Å². The number of aromatic carboxylic acids is 1. The summed E-state index contributed by atoms with van der Waals surface area (Å²) in [5.74, 6) is -4.37. The van der Waals surface area contributed by atoms with E-state index >= 15 is 0 Å². The standard InChI is InChI=1S/C12H12F2N2O3/c13-7-4-6(12(18)19)10(5-8(7)14)16-11(17)9-2-1-3-15-9/h4-5,9,15H,1-3H2,(H,16,17)(H,18,19)/t9-/m1/s1. The first kappa shape index (κ1) is 13.4. The van der Waals surface area contributed by atoms with Crippen molar-refractivity contribution < 1.29 is 23.5 Å². The fraction of sp³-hybridized carbons (Fsp3) is 0.333. The lowest BCUT2D eigenvalue weighted by Gasteiger charge is -2.13. The molecule has 1 aromatic rings. The monoisotopic (exact) mass is 270 g/mol. The van der Waals surface area contributed by atoms with Crippen LogP contribution in [0, 0.1) is 11.6 Å². The molecule has 1 aromatic carbocycles. The second-order valence-corrected chi connectivity index (χ2v) is 4.26. The number of carboxylic acids is 1.